The number of hydrogen-bond acceptors (Lipinski definition) is 4. The number of carbonyl (C=O) groups excluding carboxylic acids is 2. The first-order valence-electron chi connectivity index (χ1n) is 8.87. The van der Waals surface area contributed by atoms with Gasteiger partial charge in [0.25, 0.3) is 0 Å². The van der Waals surface area contributed by atoms with Gasteiger partial charge in [0.15, 0.2) is 0 Å². The second-order valence-corrected chi connectivity index (χ2v) is 6.42. The molecule has 0 saturated carbocycles. The number of benzene rings is 1. The SMILES string of the molecule is COc1ccccc1CCN1C[C@H](C(=O)NCCc2ccco2)CC1=O. The van der Waals surface area contributed by atoms with E-state index in [9.17, 15) is 9.59 Å². The second kappa shape index (κ2) is 8.56. The number of nitrogens with zero attached hydrogens (tertiary/aromatic N) is 1. The lowest BCUT2D eigenvalue weighted by molar-refractivity contribution is -0.129. The molecule has 2 amide bonds. The molecule has 1 saturated heterocycles. The van der Waals surface area contributed by atoms with Gasteiger partial charge in [-0.2, -0.15) is 0 Å². The lowest BCUT2D eigenvalue weighted by atomic mass is 10.1. The molecule has 3 rings (SSSR count). The third kappa shape index (κ3) is 4.45. The number of ether oxygens (including phenoxy) is 1. The summed E-state index contributed by atoms with van der Waals surface area (Å²) in [4.78, 5) is 26.3. The van der Waals surface area contributed by atoms with Crippen LogP contribution < -0.4 is 10.1 Å². The van der Waals surface area contributed by atoms with Crippen LogP contribution in [0.3, 0.4) is 0 Å². The molecule has 0 radical (unpaired) electrons. The van der Waals surface area contributed by atoms with Crippen molar-refractivity contribution in [2.45, 2.75) is 19.3 Å². The monoisotopic (exact) mass is 356 g/mol. The highest BCUT2D eigenvalue weighted by atomic mass is 16.5. The zero-order valence-corrected chi connectivity index (χ0v) is 14.9. The summed E-state index contributed by atoms with van der Waals surface area (Å²) in [6, 6.07) is 11.5. The summed E-state index contributed by atoms with van der Waals surface area (Å²) < 4.78 is 10.6. The van der Waals surface area contributed by atoms with Gasteiger partial charge in [-0.05, 0) is 30.2 Å². The average molecular weight is 356 g/mol. The molecule has 1 aromatic heterocycles. The Morgan fingerprint density at radius 3 is 2.88 bits per heavy atom. The third-order valence-corrected chi connectivity index (χ3v) is 4.68. The molecule has 6 nitrogen and oxygen atoms in total. The van der Waals surface area contributed by atoms with E-state index in [0.717, 1.165) is 17.1 Å². The van der Waals surface area contributed by atoms with Crippen molar-refractivity contribution in [2.75, 3.05) is 26.7 Å². The number of nitrogens with one attached hydrogen (secondary N) is 1. The molecule has 0 bridgehead atoms. The minimum Gasteiger partial charge on any atom is -0.496 e. The van der Waals surface area contributed by atoms with E-state index in [2.05, 4.69) is 5.32 Å². The molecular formula is C20H24N2O4. The molecule has 1 aliphatic rings. The first kappa shape index (κ1) is 18.0. The smallest absolute Gasteiger partial charge is 0.225 e. The van der Waals surface area contributed by atoms with Crippen molar-refractivity contribution in [3.05, 3.63) is 54.0 Å². The van der Waals surface area contributed by atoms with Crippen LogP contribution in [0.25, 0.3) is 0 Å². The van der Waals surface area contributed by atoms with Crippen molar-refractivity contribution < 1.29 is 18.7 Å². The van der Waals surface area contributed by atoms with Crippen LogP contribution in [-0.2, 0) is 22.4 Å². The van der Waals surface area contributed by atoms with Gasteiger partial charge in [0.2, 0.25) is 11.8 Å². The molecule has 0 aliphatic carbocycles. The fourth-order valence-corrected chi connectivity index (χ4v) is 3.24. The first-order valence-corrected chi connectivity index (χ1v) is 8.87. The molecule has 26 heavy (non-hydrogen) atoms. The molecule has 0 unspecified atom stereocenters. The number of methoxy groups -OCH3 is 1. The molecule has 6 heteroatoms. The number of hydrogen-bond donors (Lipinski definition) is 1. The Morgan fingerprint density at radius 2 is 2.12 bits per heavy atom. The van der Waals surface area contributed by atoms with Crippen LogP contribution in [0, 0.1) is 5.92 Å². The topological polar surface area (TPSA) is 71.8 Å². The Morgan fingerprint density at radius 1 is 1.27 bits per heavy atom. The summed E-state index contributed by atoms with van der Waals surface area (Å²) in [6.07, 6.45) is 3.25. The number of rotatable bonds is 8. The van der Waals surface area contributed by atoms with Crippen LogP contribution in [0.5, 0.6) is 5.75 Å². The number of amides is 2. The van der Waals surface area contributed by atoms with Crippen LogP contribution in [0.4, 0.5) is 0 Å². The molecule has 2 aromatic rings. The van der Waals surface area contributed by atoms with Crippen molar-refractivity contribution in [2.24, 2.45) is 5.92 Å². The minimum atomic E-state index is -0.281. The quantitative estimate of drug-likeness (QED) is 0.786. The molecule has 2 heterocycles. The fraction of sp³-hybridized carbons (Fsp3) is 0.400. The standard InChI is InChI=1S/C20H24N2O4/c1-25-18-7-3-2-5-15(18)9-11-22-14-16(13-19(22)23)20(24)21-10-8-17-6-4-12-26-17/h2-7,12,16H,8-11,13-14H2,1H3,(H,21,24)/t16-/m1/s1. The summed E-state index contributed by atoms with van der Waals surface area (Å²) in [6.45, 7) is 1.58. The van der Waals surface area contributed by atoms with E-state index in [1.807, 2.05) is 36.4 Å². The lowest BCUT2D eigenvalue weighted by Gasteiger charge is -2.17. The van der Waals surface area contributed by atoms with Gasteiger partial charge in [-0.3, -0.25) is 9.59 Å². The number of likely N-dealkylation sites (tertiary alicyclic amines) is 1. The Bertz CT molecular complexity index is 742. The third-order valence-electron chi connectivity index (χ3n) is 4.68. The zero-order valence-electron chi connectivity index (χ0n) is 14.9. The van der Waals surface area contributed by atoms with Crippen LogP contribution in [-0.4, -0.2) is 43.5 Å². The van der Waals surface area contributed by atoms with E-state index in [0.29, 0.717) is 32.5 Å². The summed E-state index contributed by atoms with van der Waals surface area (Å²) in [5.74, 6) is 1.35. The zero-order chi connectivity index (χ0) is 18.4. The molecule has 138 valence electrons. The summed E-state index contributed by atoms with van der Waals surface area (Å²) in [5.41, 5.74) is 1.06. The van der Waals surface area contributed by atoms with Crippen LogP contribution in [0.1, 0.15) is 17.7 Å². The maximum Gasteiger partial charge on any atom is 0.225 e. The maximum absolute atomic E-state index is 12.3. The summed E-state index contributed by atoms with van der Waals surface area (Å²) in [7, 11) is 1.64. The molecule has 1 atom stereocenters. The predicted octanol–water partition coefficient (Wildman–Crippen LogP) is 2.04. The molecule has 0 spiro atoms. The van der Waals surface area contributed by atoms with Gasteiger partial charge >= 0.3 is 0 Å². The van der Waals surface area contributed by atoms with Gasteiger partial charge in [-0.15, -0.1) is 0 Å². The number of carbonyl (C=O) groups is 2. The highest BCUT2D eigenvalue weighted by Crippen LogP contribution is 2.21. The minimum absolute atomic E-state index is 0.0334. The van der Waals surface area contributed by atoms with Crippen LogP contribution in [0.2, 0.25) is 0 Å². The van der Waals surface area contributed by atoms with Crippen molar-refractivity contribution >= 4 is 11.8 Å². The first-order chi connectivity index (χ1) is 12.7. The van der Waals surface area contributed by atoms with E-state index < -0.39 is 0 Å². The second-order valence-electron chi connectivity index (χ2n) is 6.42. The normalized spacial score (nSPS) is 16.7. The van der Waals surface area contributed by atoms with E-state index in [1.165, 1.54) is 0 Å². The Kier molecular flexibility index (Phi) is 5.94. The molecule has 1 aromatic carbocycles. The average Bonchev–Trinajstić information content (AvgIpc) is 3.30. The lowest BCUT2D eigenvalue weighted by Crippen LogP contribution is -2.34. The molecule has 1 fully saturated rings. The van der Waals surface area contributed by atoms with E-state index in [1.54, 1.807) is 18.3 Å². The number of furan rings is 1. The number of para-hydroxylation sites is 1. The molecular weight excluding hydrogens is 332 g/mol. The van der Waals surface area contributed by atoms with Crippen molar-refractivity contribution in [3.63, 3.8) is 0 Å². The van der Waals surface area contributed by atoms with Gasteiger partial charge < -0.3 is 19.4 Å². The van der Waals surface area contributed by atoms with Crippen LogP contribution in [0.15, 0.2) is 47.1 Å². The Balaban J connectivity index is 1.46. The van der Waals surface area contributed by atoms with Gasteiger partial charge in [-0.1, -0.05) is 18.2 Å². The van der Waals surface area contributed by atoms with E-state index in [-0.39, 0.29) is 24.2 Å². The van der Waals surface area contributed by atoms with Gasteiger partial charge in [-0.25, -0.2) is 0 Å². The Labute approximate surface area is 153 Å². The largest absolute Gasteiger partial charge is 0.496 e. The summed E-state index contributed by atoms with van der Waals surface area (Å²) >= 11 is 0. The van der Waals surface area contributed by atoms with Gasteiger partial charge in [0, 0.05) is 32.5 Å². The molecule has 1 N–H and O–H groups in total. The van der Waals surface area contributed by atoms with Crippen molar-refractivity contribution in [3.8, 4) is 5.75 Å². The highest BCUT2D eigenvalue weighted by Gasteiger charge is 2.33. The Hall–Kier alpha value is -2.76. The molecule has 1 aliphatic heterocycles. The predicted molar refractivity (Wildman–Crippen MR) is 96.8 cm³/mol. The maximum atomic E-state index is 12.3. The van der Waals surface area contributed by atoms with Gasteiger partial charge in [0.1, 0.15) is 11.5 Å². The van der Waals surface area contributed by atoms with Crippen molar-refractivity contribution in [1.29, 1.82) is 0 Å². The van der Waals surface area contributed by atoms with Crippen molar-refractivity contribution in [1.82, 2.24) is 10.2 Å². The fourth-order valence-electron chi connectivity index (χ4n) is 3.24. The highest BCUT2D eigenvalue weighted by molar-refractivity contribution is 5.89. The van der Waals surface area contributed by atoms with Gasteiger partial charge in [0.05, 0.1) is 19.3 Å². The van der Waals surface area contributed by atoms with E-state index >= 15 is 0 Å². The summed E-state index contributed by atoms with van der Waals surface area (Å²) in [5, 5.41) is 2.90. The van der Waals surface area contributed by atoms with Crippen LogP contribution >= 0.6 is 0 Å². The van der Waals surface area contributed by atoms with E-state index in [4.69, 9.17) is 9.15 Å².